The maximum Gasteiger partial charge on any atom is 0.0629 e. The molecule has 1 atom stereocenters. The minimum absolute atomic E-state index is 0.239. The van der Waals surface area contributed by atoms with Gasteiger partial charge in [-0.3, -0.25) is 16.0 Å². The molecule has 19 heavy (non-hydrogen) atoms. The Kier molecular flexibility index (Phi) is 5.40. The molecule has 2 rings (SSSR count). The molecule has 1 saturated carbocycles. The van der Waals surface area contributed by atoms with Crippen molar-refractivity contribution in [1.82, 2.24) is 15.2 Å². The summed E-state index contributed by atoms with van der Waals surface area (Å²) < 4.78 is 2.07. The van der Waals surface area contributed by atoms with Crippen LogP contribution in [0.5, 0.6) is 0 Å². The lowest BCUT2D eigenvalue weighted by Crippen LogP contribution is -2.30. The zero-order valence-electron chi connectivity index (χ0n) is 12.4. The van der Waals surface area contributed by atoms with Gasteiger partial charge in [-0.2, -0.15) is 5.10 Å². The number of aryl methyl sites for hydroxylation is 2. The molecule has 0 amide bonds. The molecule has 0 aromatic carbocycles. The van der Waals surface area contributed by atoms with Crippen LogP contribution in [0.1, 0.15) is 69.3 Å². The minimum Gasteiger partial charge on any atom is -0.271 e. The Balaban J connectivity index is 1.94. The van der Waals surface area contributed by atoms with Crippen molar-refractivity contribution in [3.8, 4) is 0 Å². The van der Waals surface area contributed by atoms with Crippen LogP contribution in [0.15, 0.2) is 6.07 Å². The summed E-state index contributed by atoms with van der Waals surface area (Å²) in [5.74, 6) is 6.67. The van der Waals surface area contributed by atoms with Crippen LogP contribution in [0, 0.1) is 12.8 Å². The standard InChI is InChI=1S/C15H28N4/c1-3-19-15(11-12(2)18-19)14(17-16)10-9-13-7-5-4-6-8-13/h11,13-14,17H,3-10,16H2,1-2H3. The third kappa shape index (κ3) is 3.80. The van der Waals surface area contributed by atoms with Gasteiger partial charge in [0.15, 0.2) is 0 Å². The van der Waals surface area contributed by atoms with Gasteiger partial charge >= 0.3 is 0 Å². The molecule has 1 heterocycles. The van der Waals surface area contributed by atoms with Crippen molar-refractivity contribution < 1.29 is 0 Å². The molecule has 0 saturated heterocycles. The van der Waals surface area contributed by atoms with Gasteiger partial charge in [0.05, 0.1) is 17.4 Å². The second-order valence-corrected chi connectivity index (χ2v) is 5.83. The first kappa shape index (κ1) is 14.5. The maximum atomic E-state index is 5.76. The van der Waals surface area contributed by atoms with Gasteiger partial charge in [-0.05, 0) is 38.7 Å². The molecule has 4 nitrogen and oxygen atoms in total. The maximum absolute atomic E-state index is 5.76. The number of hydrogen-bond acceptors (Lipinski definition) is 3. The fourth-order valence-electron chi connectivity index (χ4n) is 3.29. The fourth-order valence-corrected chi connectivity index (χ4v) is 3.29. The highest BCUT2D eigenvalue weighted by Crippen LogP contribution is 2.30. The fraction of sp³-hybridized carbons (Fsp3) is 0.800. The van der Waals surface area contributed by atoms with Gasteiger partial charge in [0.25, 0.3) is 0 Å². The van der Waals surface area contributed by atoms with Crippen molar-refractivity contribution in [1.29, 1.82) is 0 Å². The summed E-state index contributed by atoms with van der Waals surface area (Å²) in [5.41, 5.74) is 5.30. The van der Waals surface area contributed by atoms with Gasteiger partial charge in [0.1, 0.15) is 0 Å². The molecular formula is C15H28N4. The molecule has 4 heteroatoms. The average molecular weight is 264 g/mol. The lowest BCUT2D eigenvalue weighted by molar-refractivity contribution is 0.311. The van der Waals surface area contributed by atoms with Gasteiger partial charge in [-0.1, -0.05) is 32.1 Å². The molecule has 0 radical (unpaired) electrons. The van der Waals surface area contributed by atoms with E-state index in [0.717, 1.165) is 24.6 Å². The van der Waals surface area contributed by atoms with Crippen LogP contribution in [0.3, 0.4) is 0 Å². The smallest absolute Gasteiger partial charge is 0.0629 e. The number of nitrogens with one attached hydrogen (secondary N) is 1. The highest BCUT2D eigenvalue weighted by Gasteiger charge is 2.19. The quantitative estimate of drug-likeness (QED) is 0.613. The van der Waals surface area contributed by atoms with Crippen LogP contribution in [0.4, 0.5) is 0 Å². The second-order valence-electron chi connectivity index (χ2n) is 5.83. The molecule has 3 N–H and O–H groups in total. The van der Waals surface area contributed by atoms with Crippen LogP contribution in [-0.2, 0) is 6.54 Å². The molecule has 1 aromatic rings. The molecule has 1 unspecified atom stereocenters. The lowest BCUT2D eigenvalue weighted by Gasteiger charge is -2.24. The number of nitrogens with zero attached hydrogens (tertiary/aromatic N) is 2. The van der Waals surface area contributed by atoms with E-state index < -0.39 is 0 Å². The molecule has 1 aliphatic carbocycles. The van der Waals surface area contributed by atoms with E-state index >= 15 is 0 Å². The Hall–Kier alpha value is -0.870. The highest BCUT2D eigenvalue weighted by atomic mass is 15.3. The zero-order valence-corrected chi connectivity index (χ0v) is 12.4. The zero-order chi connectivity index (χ0) is 13.7. The van der Waals surface area contributed by atoms with Crippen molar-refractivity contribution >= 4 is 0 Å². The third-order valence-electron chi connectivity index (χ3n) is 4.38. The molecule has 1 aliphatic rings. The third-order valence-corrected chi connectivity index (χ3v) is 4.38. The van der Waals surface area contributed by atoms with Gasteiger partial charge in [-0.15, -0.1) is 0 Å². The summed E-state index contributed by atoms with van der Waals surface area (Å²) in [4.78, 5) is 0. The van der Waals surface area contributed by atoms with Gasteiger partial charge in [-0.25, -0.2) is 0 Å². The van der Waals surface area contributed by atoms with Gasteiger partial charge < -0.3 is 0 Å². The Morgan fingerprint density at radius 3 is 2.79 bits per heavy atom. The molecule has 1 aromatic heterocycles. The van der Waals surface area contributed by atoms with Crippen LogP contribution >= 0.6 is 0 Å². The van der Waals surface area contributed by atoms with Crippen LogP contribution in [0.2, 0.25) is 0 Å². The summed E-state index contributed by atoms with van der Waals surface area (Å²) in [6.07, 6.45) is 9.47. The number of rotatable bonds is 6. The molecule has 1 fully saturated rings. The van der Waals surface area contributed by atoms with E-state index in [1.165, 1.54) is 44.2 Å². The van der Waals surface area contributed by atoms with Crippen LogP contribution in [0.25, 0.3) is 0 Å². The molecule has 0 bridgehead atoms. The SMILES string of the molecule is CCn1nc(C)cc1C(CCC1CCCCC1)NN. The predicted octanol–water partition coefficient (Wildman–Crippen LogP) is 3.08. The number of nitrogens with two attached hydrogens (primary N) is 1. The summed E-state index contributed by atoms with van der Waals surface area (Å²) in [6, 6.07) is 2.40. The predicted molar refractivity (Wildman–Crippen MR) is 78.5 cm³/mol. The Labute approximate surface area is 116 Å². The second kappa shape index (κ2) is 7.06. The largest absolute Gasteiger partial charge is 0.271 e. The summed E-state index contributed by atoms with van der Waals surface area (Å²) in [6.45, 7) is 5.08. The first-order valence-corrected chi connectivity index (χ1v) is 7.75. The normalized spacial score (nSPS) is 18.7. The molecule has 108 valence electrons. The Morgan fingerprint density at radius 1 is 1.42 bits per heavy atom. The first-order chi connectivity index (χ1) is 9.24. The van der Waals surface area contributed by atoms with Crippen molar-refractivity contribution in [2.45, 2.75) is 71.4 Å². The van der Waals surface area contributed by atoms with E-state index in [4.69, 9.17) is 5.84 Å². The van der Waals surface area contributed by atoms with Crippen LogP contribution < -0.4 is 11.3 Å². The van der Waals surface area contributed by atoms with Crippen molar-refractivity contribution in [2.24, 2.45) is 11.8 Å². The minimum atomic E-state index is 0.239. The summed E-state index contributed by atoms with van der Waals surface area (Å²) >= 11 is 0. The molecule has 0 aliphatic heterocycles. The molecule has 0 spiro atoms. The van der Waals surface area contributed by atoms with E-state index in [1.807, 2.05) is 6.92 Å². The first-order valence-electron chi connectivity index (χ1n) is 7.75. The average Bonchev–Trinajstić information content (AvgIpc) is 2.82. The Morgan fingerprint density at radius 2 is 2.16 bits per heavy atom. The monoisotopic (exact) mass is 264 g/mol. The number of aromatic nitrogens is 2. The van der Waals surface area contributed by atoms with Gasteiger partial charge in [0.2, 0.25) is 0 Å². The van der Waals surface area contributed by atoms with E-state index in [-0.39, 0.29) is 6.04 Å². The van der Waals surface area contributed by atoms with E-state index in [2.05, 4.69) is 28.2 Å². The summed E-state index contributed by atoms with van der Waals surface area (Å²) in [5, 5.41) is 4.51. The number of hydrazine groups is 1. The lowest BCUT2D eigenvalue weighted by atomic mass is 9.85. The number of hydrogen-bond donors (Lipinski definition) is 2. The Bertz CT molecular complexity index is 379. The van der Waals surface area contributed by atoms with E-state index in [0.29, 0.717) is 0 Å². The van der Waals surface area contributed by atoms with Gasteiger partial charge in [0, 0.05) is 6.54 Å². The molecular weight excluding hydrogens is 236 g/mol. The van der Waals surface area contributed by atoms with E-state index in [1.54, 1.807) is 0 Å². The van der Waals surface area contributed by atoms with Crippen LogP contribution in [-0.4, -0.2) is 9.78 Å². The van der Waals surface area contributed by atoms with Crippen molar-refractivity contribution in [3.63, 3.8) is 0 Å². The van der Waals surface area contributed by atoms with Crippen molar-refractivity contribution in [3.05, 3.63) is 17.5 Å². The highest BCUT2D eigenvalue weighted by molar-refractivity contribution is 5.13. The topological polar surface area (TPSA) is 55.9 Å². The van der Waals surface area contributed by atoms with Crippen molar-refractivity contribution in [2.75, 3.05) is 0 Å². The summed E-state index contributed by atoms with van der Waals surface area (Å²) in [7, 11) is 0. The van der Waals surface area contributed by atoms with E-state index in [9.17, 15) is 0 Å².